The minimum atomic E-state index is -0.0444. The van der Waals surface area contributed by atoms with E-state index in [1.807, 2.05) is 12.1 Å². The molecule has 1 aromatic carbocycles. The van der Waals surface area contributed by atoms with Gasteiger partial charge in [-0.2, -0.15) is 0 Å². The number of ether oxygens (including phenoxy) is 1. The van der Waals surface area contributed by atoms with Gasteiger partial charge in [-0.25, -0.2) is 0 Å². The summed E-state index contributed by atoms with van der Waals surface area (Å²) in [6, 6.07) is 6.05. The monoisotopic (exact) mass is 248 g/mol. The van der Waals surface area contributed by atoms with Crippen molar-refractivity contribution >= 4 is 5.91 Å². The van der Waals surface area contributed by atoms with Crippen molar-refractivity contribution in [3.63, 3.8) is 0 Å². The van der Waals surface area contributed by atoms with E-state index in [2.05, 4.69) is 6.07 Å². The molecular formula is C14H20N2O2. The Balaban J connectivity index is 2.06. The lowest BCUT2D eigenvalue weighted by Gasteiger charge is -2.22. The fourth-order valence-electron chi connectivity index (χ4n) is 2.18. The van der Waals surface area contributed by atoms with Gasteiger partial charge in [0.05, 0.1) is 0 Å². The molecule has 0 aliphatic heterocycles. The zero-order chi connectivity index (χ0) is 13.1. The molecule has 1 aromatic rings. The molecule has 4 nitrogen and oxygen atoms in total. The number of amides is 1. The van der Waals surface area contributed by atoms with Gasteiger partial charge in [-0.1, -0.05) is 6.07 Å². The number of hydrogen-bond donors (Lipinski definition) is 1. The number of nitrogens with zero attached hydrogens (tertiary/aromatic N) is 1. The van der Waals surface area contributed by atoms with Gasteiger partial charge in [0.25, 0.3) is 5.91 Å². The molecule has 1 aliphatic carbocycles. The quantitative estimate of drug-likeness (QED) is 0.881. The van der Waals surface area contributed by atoms with E-state index in [4.69, 9.17) is 10.5 Å². The zero-order valence-electron chi connectivity index (χ0n) is 11.0. The summed E-state index contributed by atoms with van der Waals surface area (Å²) in [5.74, 6) is 0.679. The number of carbonyl (C=O) groups is 1. The van der Waals surface area contributed by atoms with Crippen molar-refractivity contribution in [3.05, 3.63) is 29.3 Å². The number of aryl methyl sites for hydroxylation is 1. The van der Waals surface area contributed by atoms with E-state index in [1.165, 1.54) is 10.5 Å². The van der Waals surface area contributed by atoms with Gasteiger partial charge in [0.1, 0.15) is 5.75 Å². The van der Waals surface area contributed by atoms with Crippen LogP contribution in [-0.2, 0) is 11.2 Å². The molecule has 1 aliphatic rings. The third kappa shape index (κ3) is 2.82. The maximum atomic E-state index is 11.4. The van der Waals surface area contributed by atoms with Crippen LogP contribution in [0.2, 0.25) is 0 Å². The van der Waals surface area contributed by atoms with Gasteiger partial charge in [-0.05, 0) is 42.5 Å². The molecule has 1 amide bonds. The van der Waals surface area contributed by atoms with Gasteiger partial charge in [0, 0.05) is 20.1 Å². The minimum Gasteiger partial charge on any atom is -0.484 e. The highest BCUT2D eigenvalue weighted by Gasteiger charge is 2.17. The largest absolute Gasteiger partial charge is 0.484 e. The molecule has 0 heterocycles. The van der Waals surface area contributed by atoms with Crippen molar-refractivity contribution in [2.45, 2.75) is 25.3 Å². The fraction of sp³-hybridized carbons (Fsp3) is 0.500. The second kappa shape index (κ2) is 5.40. The first-order chi connectivity index (χ1) is 8.58. The van der Waals surface area contributed by atoms with Crippen LogP contribution in [0.25, 0.3) is 0 Å². The Bertz CT molecular complexity index is 443. The van der Waals surface area contributed by atoms with E-state index in [-0.39, 0.29) is 18.6 Å². The summed E-state index contributed by atoms with van der Waals surface area (Å²) in [5, 5.41) is 0. The lowest BCUT2D eigenvalue weighted by atomic mass is 9.88. The highest BCUT2D eigenvalue weighted by atomic mass is 16.5. The summed E-state index contributed by atoms with van der Waals surface area (Å²) in [6.07, 6.45) is 3.25. The molecule has 0 bridgehead atoms. The molecule has 0 fully saturated rings. The Kier molecular flexibility index (Phi) is 3.87. The average Bonchev–Trinajstić information content (AvgIpc) is 2.36. The molecule has 18 heavy (non-hydrogen) atoms. The van der Waals surface area contributed by atoms with Crippen molar-refractivity contribution in [3.8, 4) is 5.75 Å². The van der Waals surface area contributed by atoms with E-state index in [1.54, 1.807) is 14.1 Å². The molecule has 0 saturated heterocycles. The number of benzene rings is 1. The van der Waals surface area contributed by atoms with Crippen LogP contribution in [0.4, 0.5) is 0 Å². The Morgan fingerprint density at radius 3 is 3.00 bits per heavy atom. The molecule has 0 spiro atoms. The molecule has 0 unspecified atom stereocenters. The van der Waals surface area contributed by atoms with Crippen molar-refractivity contribution in [2.75, 3.05) is 20.7 Å². The molecule has 2 rings (SSSR count). The van der Waals surface area contributed by atoms with E-state index < -0.39 is 0 Å². The molecule has 2 N–H and O–H groups in total. The normalized spacial score (nSPS) is 18.1. The molecule has 0 radical (unpaired) electrons. The fourth-order valence-corrected chi connectivity index (χ4v) is 2.18. The van der Waals surface area contributed by atoms with Gasteiger partial charge in [0.2, 0.25) is 0 Å². The van der Waals surface area contributed by atoms with Gasteiger partial charge in [-0.3, -0.25) is 4.79 Å². The second-order valence-electron chi connectivity index (χ2n) is 4.94. The highest BCUT2D eigenvalue weighted by Crippen LogP contribution is 2.30. The number of hydrogen-bond acceptors (Lipinski definition) is 3. The molecule has 1 atom stereocenters. The van der Waals surface area contributed by atoms with Gasteiger partial charge in [-0.15, -0.1) is 0 Å². The van der Waals surface area contributed by atoms with Crippen LogP contribution in [0.1, 0.15) is 30.0 Å². The van der Waals surface area contributed by atoms with Crippen molar-refractivity contribution in [2.24, 2.45) is 5.73 Å². The first-order valence-corrected chi connectivity index (χ1v) is 6.29. The van der Waals surface area contributed by atoms with Crippen LogP contribution < -0.4 is 10.5 Å². The molecular weight excluding hydrogens is 228 g/mol. The lowest BCUT2D eigenvalue weighted by molar-refractivity contribution is -0.130. The number of rotatable bonds is 3. The Hall–Kier alpha value is -1.55. The van der Waals surface area contributed by atoms with E-state index in [0.717, 1.165) is 30.6 Å². The Labute approximate surface area is 108 Å². The lowest BCUT2D eigenvalue weighted by Crippen LogP contribution is -2.27. The summed E-state index contributed by atoms with van der Waals surface area (Å²) in [5.41, 5.74) is 8.56. The highest BCUT2D eigenvalue weighted by molar-refractivity contribution is 5.77. The predicted molar refractivity (Wildman–Crippen MR) is 70.5 cm³/mol. The van der Waals surface area contributed by atoms with E-state index >= 15 is 0 Å². The van der Waals surface area contributed by atoms with Gasteiger partial charge < -0.3 is 15.4 Å². The van der Waals surface area contributed by atoms with E-state index in [9.17, 15) is 4.79 Å². The Morgan fingerprint density at radius 2 is 2.28 bits per heavy atom. The molecule has 4 heteroatoms. The van der Waals surface area contributed by atoms with Crippen LogP contribution in [-0.4, -0.2) is 31.5 Å². The van der Waals surface area contributed by atoms with Crippen molar-refractivity contribution in [1.29, 1.82) is 0 Å². The topological polar surface area (TPSA) is 55.6 Å². The number of nitrogens with two attached hydrogens (primary N) is 1. The third-order valence-electron chi connectivity index (χ3n) is 3.34. The van der Waals surface area contributed by atoms with Crippen molar-refractivity contribution < 1.29 is 9.53 Å². The molecule has 0 aromatic heterocycles. The van der Waals surface area contributed by atoms with Gasteiger partial charge >= 0.3 is 0 Å². The SMILES string of the molecule is CN(C)C(=O)COc1ccc2c(c1)[C@@H](N)CCC2. The standard InChI is InChI=1S/C14H20N2O2/c1-16(2)14(17)9-18-11-7-6-10-4-3-5-13(15)12(10)8-11/h6-8,13H,3-5,9,15H2,1-2H3/t13-/m0/s1. The van der Waals surface area contributed by atoms with Crippen LogP contribution in [0.5, 0.6) is 5.75 Å². The van der Waals surface area contributed by atoms with Crippen LogP contribution in [0.15, 0.2) is 18.2 Å². The summed E-state index contributed by atoms with van der Waals surface area (Å²) < 4.78 is 5.50. The average molecular weight is 248 g/mol. The number of carbonyl (C=O) groups excluding carboxylic acids is 1. The second-order valence-corrected chi connectivity index (χ2v) is 4.94. The molecule has 98 valence electrons. The van der Waals surface area contributed by atoms with Crippen LogP contribution in [0.3, 0.4) is 0 Å². The zero-order valence-corrected chi connectivity index (χ0v) is 11.0. The van der Waals surface area contributed by atoms with Gasteiger partial charge in [0.15, 0.2) is 6.61 Å². The first-order valence-electron chi connectivity index (χ1n) is 6.29. The predicted octanol–water partition coefficient (Wildman–Crippen LogP) is 1.49. The maximum Gasteiger partial charge on any atom is 0.259 e. The summed E-state index contributed by atoms with van der Waals surface area (Å²) in [4.78, 5) is 13.0. The third-order valence-corrected chi connectivity index (χ3v) is 3.34. The van der Waals surface area contributed by atoms with E-state index in [0.29, 0.717) is 0 Å². The summed E-state index contributed by atoms with van der Waals surface area (Å²) in [7, 11) is 3.43. The molecule has 0 saturated carbocycles. The first kappa shape index (κ1) is 12.9. The van der Waals surface area contributed by atoms with Crippen molar-refractivity contribution in [1.82, 2.24) is 4.90 Å². The van der Waals surface area contributed by atoms with Crippen LogP contribution >= 0.6 is 0 Å². The summed E-state index contributed by atoms with van der Waals surface area (Å²) >= 11 is 0. The Morgan fingerprint density at radius 1 is 1.50 bits per heavy atom. The van der Waals surface area contributed by atoms with Crippen LogP contribution in [0, 0.1) is 0 Å². The summed E-state index contributed by atoms with van der Waals surface area (Å²) in [6.45, 7) is 0.0705. The minimum absolute atomic E-state index is 0.0444. The number of likely N-dealkylation sites (N-methyl/N-ethyl adjacent to an activating group) is 1. The smallest absolute Gasteiger partial charge is 0.259 e. The number of fused-ring (bicyclic) bond motifs is 1. The maximum absolute atomic E-state index is 11.4.